The number of nitrogens with one attached hydrogen (secondary N) is 2. The van der Waals surface area contributed by atoms with Gasteiger partial charge in [-0.3, -0.25) is 0 Å². The predicted molar refractivity (Wildman–Crippen MR) is 119 cm³/mol. The average Bonchev–Trinajstić information content (AvgIpc) is 2.65. The van der Waals surface area contributed by atoms with Crippen LogP contribution in [-0.2, 0) is 28.7 Å². The Morgan fingerprint density at radius 1 is 1.03 bits per heavy atom. The Balaban J connectivity index is 2.03. The van der Waals surface area contributed by atoms with Crippen LogP contribution in [0.1, 0.15) is 36.1 Å². The molecule has 0 aliphatic heterocycles. The molecule has 6 nitrogen and oxygen atoms in total. The van der Waals surface area contributed by atoms with Gasteiger partial charge in [0.15, 0.2) is 15.8 Å². The number of hydrogen-bond acceptors (Lipinski definition) is 4. The van der Waals surface area contributed by atoms with E-state index in [4.69, 9.17) is 4.74 Å². The summed E-state index contributed by atoms with van der Waals surface area (Å²) in [5.41, 5.74) is 4.04. The molecule has 0 aliphatic carbocycles. The van der Waals surface area contributed by atoms with Gasteiger partial charge in [-0.1, -0.05) is 36.4 Å². The lowest BCUT2D eigenvalue weighted by Gasteiger charge is -2.15. The molecule has 0 saturated heterocycles. The van der Waals surface area contributed by atoms with Gasteiger partial charge in [0, 0.05) is 24.9 Å². The molecule has 0 aromatic heterocycles. The van der Waals surface area contributed by atoms with Gasteiger partial charge in [-0.05, 0) is 43.5 Å². The maximum atomic E-state index is 11.4. The summed E-state index contributed by atoms with van der Waals surface area (Å²) in [6.07, 6.45) is 1.24. The second kappa shape index (κ2) is 10.9. The quantitative estimate of drug-likeness (QED) is 0.484. The second-order valence-electron chi connectivity index (χ2n) is 6.98. The molecule has 2 aromatic carbocycles. The summed E-state index contributed by atoms with van der Waals surface area (Å²) >= 11 is 0. The van der Waals surface area contributed by atoms with Gasteiger partial charge in [0.05, 0.1) is 18.9 Å². The minimum atomic E-state index is -3.03. The average molecular weight is 418 g/mol. The minimum Gasteiger partial charge on any atom is -0.494 e. The summed E-state index contributed by atoms with van der Waals surface area (Å²) in [6, 6.07) is 13.7. The Hall–Kier alpha value is -2.54. The largest absolute Gasteiger partial charge is 0.494 e. The number of guanidine groups is 1. The molecule has 0 heterocycles. The third-order valence-corrected chi connectivity index (χ3v) is 5.04. The topological polar surface area (TPSA) is 79.8 Å². The second-order valence-corrected chi connectivity index (χ2v) is 9.12. The van der Waals surface area contributed by atoms with Crippen LogP contribution in [0.5, 0.6) is 5.75 Å². The Bertz CT molecular complexity index is 923. The Labute approximate surface area is 174 Å². The highest BCUT2D eigenvalue weighted by Gasteiger charge is 2.06. The number of sulfone groups is 1. The molecule has 0 fully saturated rings. The first-order valence-electron chi connectivity index (χ1n) is 9.80. The van der Waals surface area contributed by atoms with Crippen molar-refractivity contribution in [1.82, 2.24) is 10.6 Å². The van der Waals surface area contributed by atoms with E-state index in [1.165, 1.54) is 6.26 Å². The van der Waals surface area contributed by atoms with Crippen LogP contribution in [0.4, 0.5) is 0 Å². The van der Waals surface area contributed by atoms with Crippen LogP contribution in [0.25, 0.3) is 0 Å². The molecule has 0 atom stereocenters. The molecule has 0 aliphatic rings. The number of aliphatic imine (C=N–C) groups is 1. The van der Waals surface area contributed by atoms with E-state index < -0.39 is 9.84 Å². The normalized spacial score (nSPS) is 11.9. The molecule has 0 amide bonds. The van der Waals surface area contributed by atoms with Gasteiger partial charge in [0.1, 0.15) is 5.75 Å². The number of ether oxygens (including phenoxy) is 1. The number of hydrogen-bond donors (Lipinski definition) is 2. The number of nitrogens with zero attached hydrogens (tertiary/aromatic N) is 1. The lowest BCUT2D eigenvalue weighted by molar-refractivity contribution is 0.336. The first-order chi connectivity index (χ1) is 13.8. The molecule has 7 heteroatoms. The van der Waals surface area contributed by atoms with Crippen LogP contribution in [-0.4, -0.2) is 33.8 Å². The van der Waals surface area contributed by atoms with E-state index in [0.29, 0.717) is 19.7 Å². The molecule has 0 spiro atoms. The van der Waals surface area contributed by atoms with Crippen LogP contribution in [0.15, 0.2) is 47.5 Å². The van der Waals surface area contributed by atoms with Gasteiger partial charge in [0.2, 0.25) is 0 Å². The maximum absolute atomic E-state index is 11.4. The van der Waals surface area contributed by atoms with Crippen molar-refractivity contribution in [2.75, 3.05) is 19.4 Å². The molecular formula is C22H31N3O3S. The standard InChI is InChI=1S/C22H31N3O3S/c1-5-23-22(25-15-20-12-7-17(3)13-21(20)28-6-2)24-14-18-8-10-19(11-9-18)16-29(4,26)27/h7-13H,5-6,14-16H2,1-4H3,(H2,23,24,25). The van der Waals surface area contributed by atoms with E-state index in [0.717, 1.165) is 40.5 Å². The van der Waals surface area contributed by atoms with E-state index in [1.807, 2.05) is 51.1 Å². The number of aryl methyl sites for hydroxylation is 1. The summed E-state index contributed by atoms with van der Waals surface area (Å²) < 4.78 is 28.5. The number of rotatable bonds is 9. The Morgan fingerprint density at radius 3 is 2.34 bits per heavy atom. The van der Waals surface area contributed by atoms with E-state index in [-0.39, 0.29) is 5.75 Å². The first kappa shape index (κ1) is 22.7. The van der Waals surface area contributed by atoms with Crippen molar-refractivity contribution in [2.24, 2.45) is 4.99 Å². The third kappa shape index (κ3) is 8.15. The smallest absolute Gasteiger partial charge is 0.191 e. The van der Waals surface area contributed by atoms with Crippen LogP contribution < -0.4 is 15.4 Å². The van der Waals surface area contributed by atoms with Gasteiger partial charge >= 0.3 is 0 Å². The van der Waals surface area contributed by atoms with Crippen LogP contribution >= 0.6 is 0 Å². The molecule has 2 aromatic rings. The van der Waals surface area contributed by atoms with Gasteiger partial charge in [-0.25, -0.2) is 13.4 Å². The molecule has 29 heavy (non-hydrogen) atoms. The summed E-state index contributed by atoms with van der Waals surface area (Å²) in [5.74, 6) is 1.66. The van der Waals surface area contributed by atoms with Gasteiger partial charge in [-0.2, -0.15) is 0 Å². The van der Waals surface area contributed by atoms with Crippen molar-refractivity contribution in [3.63, 3.8) is 0 Å². The molecule has 2 N–H and O–H groups in total. The van der Waals surface area contributed by atoms with Crippen LogP contribution in [0, 0.1) is 6.92 Å². The SMILES string of the molecule is CCNC(=NCc1ccc(CS(C)(=O)=O)cc1)NCc1ccc(C)cc1OCC. The Morgan fingerprint density at radius 2 is 1.72 bits per heavy atom. The summed E-state index contributed by atoms with van der Waals surface area (Å²) in [7, 11) is -3.03. The van der Waals surface area contributed by atoms with Crippen molar-refractivity contribution >= 4 is 15.8 Å². The van der Waals surface area contributed by atoms with E-state index in [1.54, 1.807) is 0 Å². The molecule has 0 saturated carbocycles. The van der Waals surface area contributed by atoms with Crippen LogP contribution in [0.3, 0.4) is 0 Å². The van der Waals surface area contributed by atoms with Crippen molar-refractivity contribution in [3.05, 3.63) is 64.7 Å². The monoisotopic (exact) mass is 417 g/mol. The first-order valence-corrected chi connectivity index (χ1v) is 11.9. The highest BCUT2D eigenvalue weighted by molar-refractivity contribution is 7.89. The van der Waals surface area contributed by atoms with Crippen LogP contribution in [0.2, 0.25) is 0 Å². The lowest BCUT2D eigenvalue weighted by Crippen LogP contribution is -2.36. The van der Waals surface area contributed by atoms with Gasteiger partial charge < -0.3 is 15.4 Å². The highest BCUT2D eigenvalue weighted by Crippen LogP contribution is 2.20. The summed E-state index contributed by atoms with van der Waals surface area (Å²) in [5, 5.41) is 6.59. The summed E-state index contributed by atoms with van der Waals surface area (Å²) in [4.78, 5) is 4.63. The zero-order chi connectivity index (χ0) is 21.3. The molecule has 2 rings (SSSR count). The zero-order valence-electron chi connectivity index (χ0n) is 17.7. The third-order valence-electron chi connectivity index (χ3n) is 4.18. The highest BCUT2D eigenvalue weighted by atomic mass is 32.2. The van der Waals surface area contributed by atoms with E-state index in [9.17, 15) is 8.42 Å². The summed E-state index contributed by atoms with van der Waals surface area (Å²) in [6.45, 7) is 8.54. The fourth-order valence-electron chi connectivity index (χ4n) is 2.83. The predicted octanol–water partition coefficient (Wildman–Crippen LogP) is 3.19. The molecule has 0 radical (unpaired) electrons. The van der Waals surface area contributed by atoms with E-state index >= 15 is 0 Å². The minimum absolute atomic E-state index is 0.0550. The molecule has 0 unspecified atom stereocenters. The molecule has 0 bridgehead atoms. The van der Waals surface area contributed by atoms with Crippen molar-refractivity contribution in [3.8, 4) is 5.75 Å². The Kier molecular flexibility index (Phi) is 8.51. The van der Waals surface area contributed by atoms with Gasteiger partial charge in [-0.15, -0.1) is 0 Å². The fourth-order valence-corrected chi connectivity index (χ4v) is 3.63. The molecule has 158 valence electrons. The van der Waals surface area contributed by atoms with Crippen molar-refractivity contribution in [2.45, 2.75) is 39.6 Å². The van der Waals surface area contributed by atoms with E-state index in [2.05, 4.69) is 27.8 Å². The zero-order valence-corrected chi connectivity index (χ0v) is 18.5. The van der Waals surface area contributed by atoms with Crippen molar-refractivity contribution in [1.29, 1.82) is 0 Å². The van der Waals surface area contributed by atoms with Gasteiger partial charge in [0.25, 0.3) is 0 Å². The number of benzene rings is 2. The molecular weight excluding hydrogens is 386 g/mol. The fraction of sp³-hybridized carbons (Fsp3) is 0.409. The van der Waals surface area contributed by atoms with Crippen molar-refractivity contribution < 1.29 is 13.2 Å². The maximum Gasteiger partial charge on any atom is 0.191 e. The lowest BCUT2D eigenvalue weighted by atomic mass is 10.1.